The molecular weight excluding hydrogens is 292 g/mol. The number of nitrogens with zero attached hydrogens (tertiary/aromatic N) is 3. The van der Waals surface area contributed by atoms with Crippen molar-refractivity contribution in [3.8, 4) is 11.4 Å². The largest absolute Gasteiger partial charge is 0.370 e. The molecular formula is C13H15BrN4. The van der Waals surface area contributed by atoms with Crippen molar-refractivity contribution in [3.63, 3.8) is 0 Å². The number of pyridine rings is 1. The summed E-state index contributed by atoms with van der Waals surface area (Å²) in [6.45, 7) is 6.91. The second-order valence-electron chi connectivity index (χ2n) is 4.03. The summed E-state index contributed by atoms with van der Waals surface area (Å²) < 4.78 is 0.923. The van der Waals surface area contributed by atoms with Crippen molar-refractivity contribution < 1.29 is 0 Å². The maximum absolute atomic E-state index is 4.55. The van der Waals surface area contributed by atoms with Crippen LogP contribution in [0.25, 0.3) is 11.4 Å². The van der Waals surface area contributed by atoms with Crippen molar-refractivity contribution in [1.29, 1.82) is 0 Å². The molecule has 94 valence electrons. The number of anilines is 1. The molecule has 0 spiro atoms. The van der Waals surface area contributed by atoms with Gasteiger partial charge in [0, 0.05) is 40.2 Å². The Balaban J connectivity index is 2.51. The van der Waals surface area contributed by atoms with Crippen LogP contribution in [0, 0.1) is 13.8 Å². The van der Waals surface area contributed by atoms with E-state index in [1.165, 1.54) is 0 Å². The predicted molar refractivity (Wildman–Crippen MR) is 76.6 cm³/mol. The van der Waals surface area contributed by atoms with Crippen LogP contribution >= 0.6 is 15.9 Å². The lowest BCUT2D eigenvalue weighted by Gasteiger charge is -2.11. The number of hydrogen-bond donors (Lipinski definition) is 1. The Morgan fingerprint density at radius 2 is 2.00 bits per heavy atom. The van der Waals surface area contributed by atoms with Gasteiger partial charge in [-0.05, 0) is 42.8 Å². The molecule has 0 aliphatic carbocycles. The highest BCUT2D eigenvalue weighted by molar-refractivity contribution is 9.10. The van der Waals surface area contributed by atoms with Crippen LogP contribution in [0.1, 0.15) is 18.2 Å². The summed E-state index contributed by atoms with van der Waals surface area (Å²) in [5.74, 6) is 1.59. The van der Waals surface area contributed by atoms with Gasteiger partial charge in [-0.15, -0.1) is 0 Å². The molecule has 0 radical (unpaired) electrons. The first kappa shape index (κ1) is 13.0. The molecule has 0 atom stereocenters. The van der Waals surface area contributed by atoms with E-state index in [1.54, 1.807) is 12.4 Å². The summed E-state index contributed by atoms with van der Waals surface area (Å²) in [6, 6.07) is 1.97. The molecule has 2 rings (SSSR count). The van der Waals surface area contributed by atoms with Gasteiger partial charge in [-0.3, -0.25) is 4.98 Å². The first-order valence-electron chi connectivity index (χ1n) is 5.82. The zero-order valence-electron chi connectivity index (χ0n) is 10.7. The lowest BCUT2D eigenvalue weighted by atomic mass is 10.2. The van der Waals surface area contributed by atoms with Gasteiger partial charge in [-0.25, -0.2) is 9.97 Å². The van der Waals surface area contributed by atoms with Crippen molar-refractivity contribution in [2.45, 2.75) is 20.8 Å². The van der Waals surface area contributed by atoms with Crippen LogP contribution in [0.2, 0.25) is 0 Å². The monoisotopic (exact) mass is 306 g/mol. The maximum atomic E-state index is 4.55. The van der Waals surface area contributed by atoms with Gasteiger partial charge in [0.15, 0.2) is 5.82 Å². The third-order valence-electron chi connectivity index (χ3n) is 2.70. The molecule has 2 aromatic rings. The lowest BCUT2D eigenvalue weighted by Crippen LogP contribution is -2.06. The van der Waals surface area contributed by atoms with E-state index in [4.69, 9.17) is 0 Å². The van der Waals surface area contributed by atoms with E-state index < -0.39 is 0 Å². The molecule has 0 aliphatic rings. The number of aromatic nitrogens is 3. The lowest BCUT2D eigenvalue weighted by molar-refractivity contribution is 1.04. The molecule has 0 saturated carbocycles. The number of aryl methyl sites for hydroxylation is 1. The first-order valence-corrected chi connectivity index (χ1v) is 6.61. The summed E-state index contributed by atoms with van der Waals surface area (Å²) in [4.78, 5) is 13.2. The summed E-state index contributed by atoms with van der Waals surface area (Å²) in [5, 5.41) is 3.26. The number of halogens is 1. The summed E-state index contributed by atoms with van der Waals surface area (Å²) in [7, 11) is 0. The van der Waals surface area contributed by atoms with Gasteiger partial charge in [0.2, 0.25) is 0 Å². The van der Waals surface area contributed by atoms with Crippen molar-refractivity contribution >= 4 is 21.7 Å². The van der Waals surface area contributed by atoms with E-state index in [0.29, 0.717) is 5.82 Å². The summed E-state index contributed by atoms with van der Waals surface area (Å²) in [5.41, 5.74) is 2.98. The zero-order valence-corrected chi connectivity index (χ0v) is 12.2. The fourth-order valence-electron chi connectivity index (χ4n) is 1.63. The Labute approximate surface area is 115 Å². The molecule has 18 heavy (non-hydrogen) atoms. The highest BCUT2D eigenvalue weighted by atomic mass is 79.9. The van der Waals surface area contributed by atoms with Gasteiger partial charge in [-0.2, -0.15) is 0 Å². The molecule has 5 heteroatoms. The number of rotatable bonds is 3. The van der Waals surface area contributed by atoms with Crippen LogP contribution < -0.4 is 5.32 Å². The second-order valence-corrected chi connectivity index (χ2v) is 4.94. The standard InChI is InChI=1S/C13H15BrN4/c1-4-16-12-8(2)9(3)17-13(18-12)10-5-11(14)7-15-6-10/h5-7H,4H2,1-3H3,(H,16,17,18). The average Bonchev–Trinajstić information content (AvgIpc) is 2.35. The molecule has 0 aromatic carbocycles. The average molecular weight is 307 g/mol. The number of hydrogen-bond acceptors (Lipinski definition) is 4. The number of nitrogens with one attached hydrogen (secondary N) is 1. The maximum Gasteiger partial charge on any atom is 0.163 e. The van der Waals surface area contributed by atoms with Crippen molar-refractivity contribution in [2.24, 2.45) is 0 Å². The van der Waals surface area contributed by atoms with Gasteiger partial charge in [0.05, 0.1) is 0 Å². The van der Waals surface area contributed by atoms with Crippen LogP contribution in [0.15, 0.2) is 22.9 Å². The van der Waals surface area contributed by atoms with Gasteiger partial charge < -0.3 is 5.32 Å². The smallest absolute Gasteiger partial charge is 0.163 e. The molecule has 0 fully saturated rings. The quantitative estimate of drug-likeness (QED) is 0.945. The van der Waals surface area contributed by atoms with E-state index in [0.717, 1.165) is 33.7 Å². The van der Waals surface area contributed by atoms with Crippen LogP contribution in [0.4, 0.5) is 5.82 Å². The summed E-state index contributed by atoms with van der Waals surface area (Å²) >= 11 is 3.41. The fraction of sp³-hybridized carbons (Fsp3) is 0.308. The topological polar surface area (TPSA) is 50.7 Å². The Hall–Kier alpha value is -1.49. The van der Waals surface area contributed by atoms with E-state index in [9.17, 15) is 0 Å². The minimum atomic E-state index is 0.697. The van der Waals surface area contributed by atoms with Crippen LogP contribution in [0.3, 0.4) is 0 Å². The minimum Gasteiger partial charge on any atom is -0.370 e. The normalized spacial score (nSPS) is 10.4. The predicted octanol–water partition coefficient (Wildman–Crippen LogP) is 3.35. The summed E-state index contributed by atoms with van der Waals surface area (Å²) in [6.07, 6.45) is 3.51. The van der Waals surface area contributed by atoms with Crippen LogP contribution in [0.5, 0.6) is 0 Å². The Morgan fingerprint density at radius 3 is 2.67 bits per heavy atom. The zero-order chi connectivity index (χ0) is 13.1. The molecule has 2 aromatic heterocycles. The molecule has 0 amide bonds. The van der Waals surface area contributed by atoms with Gasteiger partial charge >= 0.3 is 0 Å². The van der Waals surface area contributed by atoms with Crippen molar-refractivity contribution in [2.75, 3.05) is 11.9 Å². The van der Waals surface area contributed by atoms with Gasteiger partial charge in [0.1, 0.15) is 5.82 Å². The van der Waals surface area contributed by atoms with Crippen molar-refractivity contribution in [3.05, 3.63) is 34.2 Å². The molecule has 4 nitrogen and oxygen atoms in total. The first-order chi connectivity index (χ1) is 8.61. The fourth-order valence-corrected chi connectivity index (χ4v) is 2.00. The third-order valence-corrected chi connectivity index (χ3v) is 3.13. The second kappa shape index (κ2) is 5.44. The Bertz CT molecular complexity index is 569. The van der Waals surface area contributed by atoms with Crippen LogP contribution in [-0.4, -0.2) is 21.5 Å². The Morgan fingerprint density at radius 1 is 1.22 bits per heavy atom. The Kier molecular flexibility index (Phi) is 3.91. The van der Waals surface area contributed by atoms with Crippen molar-refractivity contribution in [1.82, 2.24) is 15.0 Å². The third kappa shape index (κ3) is 2.67. The van der Waals surface area contributed by atoms with E-state index in [-0.39, 0.29) is 0 Å². The molecule has 0 aliphatic heterocycles. The van der Waals surface area contributed by atoms with E-state index in [1.807, 2.05) is 19.9 Å². The van der Waals surface area contributed by atoms with Gasteiger partial charge in [-0.1, -0.05) is 0 Å². The van der Waals surface area contributed by atoms with Crippen LogP contribution in [-0.2, 0) is 0 Å². The minimum absolute atomic E-state index is 0.697. The van der Waals surface area contributed by atoms with E-state index in [2.05, 4.69) is 43.1 Å². The highest BCUT2D eigenvalue weighted by Crippen LogP contribution is 2.22. The highest BCUT2D eigenvalue weighted by Gasteiger charge is 2.09. The van der Waals surface area contributed by atoms with Gasteiger partial charge in [0.25, 0.3) is 0 Å². The molecule has 1 N–H and O–H groups in total. The molecule has 0 bridgehead atoms. The molecule has 2 heterocycles. The molecule has 0 saturated heterocycles. The SMILES string of the molecule is CCNc1nc(-c2cncc(Br)c2)nc(C)c1C. The molecule has 0 unspecified atom stereocenters. The van der Waals surface area contributed by atoms with E-state index >= 15 is 0 Å².